The number of halogens is 2. The fourth-order valence-electron chi connectivity index (χ4n) is 3.22. The van der Waals surface area contributed by atoms with E-state index in [2.05, 4.69) is 17.0 Å². The average Bonchev–Trinajstić information content (AvgIpc) is 2.73. The van der Waals surface area contributed by atoms with Gasteiger partial charge in [-0.25, -0.2) is 4.79 Å². The van der Waals surface area contributed by atoms with E-state index in [9.17, 15) is 4.79 Å². The van der Waals surface area contributed by atoms with Gasteiger partial charge in [-0.2, -0.15) is 0 Å². The molecule has 0 amide bonds. The van der Waals surface area contributed by atoms with E-state index in [-0.39, 0.29) is 30.4 Å². The number of carbonyl (C=O) groups is 1. The molecule has 3 rings (SSSR count). The number of likely N-dealkylation sites (N-methyl/N-ethyl adjacent to an activating group) is 1. The maximum Gasteiger partial charge on any atom is 0.513 e. The van der Waals surface area contributed by atoms with Crippen molar-refractivity contribution in [3.8, 4) is 5.75 Å². The molecule has 0 aliphatic carbocycles. The molecule has 1 heterocycles. The Kier molecular flexibility index (Phi) is 7.33. The van der Waals surface area contributed by atoms with Gasteiger partial charge in [0.15, 0.2) is 0 Å². The monoisotopic (exact) mass is 395 g/mol. The fraction of sp³-hybridized carbons (Fsp3) is 0.350. The number of benzene rings is 2. The Balaban J connectivity index is 0.00000243. The molecule has 2 aromatic rings. The molecular formula is C20H23Cl2NO3. The maximum atomic E-state index is 11.6. The molecule has 6 heteroatoms. The van der Waals surface area contributed by atoms with Crippen molar-refractivity contribution >= 4 is 30.2 Å². The van der Waals surface area contributed by atoms with Gasteiger partial charge in [-0.1, -0.05) is 36.4 Å². The predicted molar refractivity (Wildman–Crippen MR) is 106 cm³/mol. The van der Waals surface area contributed by atoms with E-state index in [4.69, 9.17) is 21.1 Å². The molecule has 0 radical (unpaired) electrons. The van der Waals surface area contributed by atoms with Crippen molar-refractivity contribution in [1.82, 2.24) is 4.90 Å². The molecule has 0 fully saturated rings. The quantitative estimate of drug-likeness (QED) is 0.323. The van der Waals surface area contributed by atoms with Gasteiger partial charge >= 0.3 is 6.16 Å². The number of ether oxygens (including phenoxy) is 2. The number of nitrogens with zero attached hydrogens (tertiary/aromatic N) is 1. The standard InChI is InChI=1S/C20H22ClNO3.ClH/c1-3-24-20(23)25-16-10-9-14-11-12-22(2)19(21)18(17(14)13-16)15-7-5-4-6-8-15;/h4-10,13,18-19H,3,11-12H2,1-2H3;1H. The van der Waals surface area contributed by atoms with Gasteiger partial charge in [-0.3, -0.25) is 4.90 Å². The van der Waals surface area contributed by atoms with Gasteiger partial charge in [-0.05, 0) is 49.2 Å². The SMILES string of the molecule is CCOC(=O)Oc1ccc2c(c1)C(c1ccccc1)C(Cl)N(C)CC2.Cl. The van der Waals surface area contributed by atoms with Crippen LogP contribution in [0.3, 0.4) is 0 Å². The molecule has 2 atom stereocenters. The van der Waals surface area contributed by atoms with Crippen LogP contribution in [0.25, 0.3) is 0 Å². The van der Waals surface area contributed by atoms with Gasteiger partial charge in [0, 0.05) is 12.5 Å². The van der Waals surface area contributed by atoms with Crippen molar-refractivity contribution in [2.75, 3.05) is 20.2 Å². The Hall–Kier alpha value is -1.75. The first kappa shape index (κ1) is 20.6. The van der Waals surface area contributed by atoms with Gasteiger partial charge in [0.25, 0.3) is 0 Å². The van der Waals surface area contributed by atoms with E-state index in [1.54, 1.807) is 6.92 Å². The van der Waals surface area contributed by atoms with E-state index in [1.807, 2.05) is 43.4 Å². The minimum atomic E-state index is -0.688. The lowest BCUT2D eigenvalue weighted by molar-refractivity contribution is 0.104. The lowest BCUT2D eigenvalue weighted by atomic mass is 9.87. The normalized spacial score (nSPS) is 19.7. The van der Waals surface area contributed by atoms with Crippen molar-refractivity contribution < 1.29 is 14.3 Å². The third kappa shape index (κ3) is 4.50. The molecular weight excluding hydrogens is 373 g/mol. The van der Waals surface area contributed by atoms with Crippen LogP contribution in [-0.4, -0.2) is 36.8 Å². The van der Waals surface area contributed by atoms with Crippen LogP contribution in [0.15, 0.2) is 48.5 Å². The predicted octanol–water partition coefficient (Wildman–Crippen LogP) is 4.83. The largest absolute Gasteiger partial charge is 0.513 e. The molecule has 1 aliphatic heterocycles. The summed E-state index contributed by atoms with van der Waals surface area (Å²) in [7, 11) is 2.04. The van der Waals surface area contributed by atoms with Crippen molar-refractivity contribution in [3.05, 3.63) is 65.2 Å². The molecule has 0 spiro atoms. The summed E-state index contributed by atoms with van der Waals surface area (Å²) in [6, 6.07) is 15.9. The Morgan fingerprint density at radius 3 is 2.65 bits per heavy atom. The second-order valence-corrected chi connectivity index (χ2v) is 6.58. The third-order valence-corrected chi connectivity index (χ3v) is 5.09. The first-order valence-corrected chi connectivity index (χ1v) is 8.90. The van der Waals surface area contributed by atoms with Crippen LogP contribution in [0.5, 0.6) is 5.75 Å². The highest BCUT2D eigenvalue weighted by Gasteiger charge is 2.31. The van der Waals surface area contributed by atoms with E-state index in [1.165, 1.54) is 5.56 Å². The molecule has 0 saturated carbocycles. The number of fused-ring (bicyclic) bond motifs is 1. The summed E-state index contributed by atoms with van der Waals surface area (Å²) in [5.74, 6) is 0.475. The highest BCUT2D eigenvalue weighted by atomic mass is 35.5. The van der Waals surface area contributed by atoms with Crippen molar-refractivity contribution in [1.29, 1.82) is 0 Å². The summed E-state index contributed by atoms with van der Waals surface area (Å²) in [5.41, 5.74) is 3.28. The highest BCUT2D eigenvalue weighted by molar-refractivity contribution is 6.21. The summed E-state index contributed by atoms with van der Waals surface area (Å²) >= 11 is 6.80. The molecule has 0 N–H and O–H groups in total. The second kappa shape index (κ2) is 9.26. The van der Waals surface area contributed by atoms with Crippen LogP contribution in [-0.2, 0) is 11.2 Å². The first-order valence-electron chi connectivity index (χ1n) is 8.47. The molecule has 140 valence electrons. The zero-order chi connectivity index (χ0) is 17.8. The Morgan fingerprint density at radius 1 is 1.23 bits per heavy atom. The highest BCUT2D eigenvalue weighted by Crippen LogP contribution is 2.38. The Labute approximate surface area is 165 Å². The van der Waals surface area contributed by atoms with Gasteiger partial charge in [-0.15, -0.1) is 24.0 Å². The molecule has 0 saturated heterocycles. The number of carbonyl (C=O) groups excluding carboxylic acids is 1. The average molecular weight is 396 g/mol. The van der Waals surface area contributed by atoms with Crippen molar-refractivity contribution in [2.24, 2.45) is 0 Å². The lowest BCUT2D eigenvalue weighted by Crippen LogP contribution is -2.32. The summed E-state index contributed by atoms with van der Waals surface area (Å²) in [4.78, 5) is 13.8. The summed E-state index contributed by atoms with van der Waals surface area (Å²) in [6.07, 6.45) is 0.213. The van der Waals surface area contributed by atoms with Crippen LogP contribution in [0.2, 0.25) is 0 Å². The number of hydrogen-bond donors (Lipinski definition) is 0. The third-order valence-electron chi connectivity index (χ3n) is 4.50. The van der Waals surface area contributed by atoms with Gasteiger partial charge in [0.2, 0.25) is 0 Å². The number of rotatable bonds is 3. The summed E-state index contributed by atoms with van der Waals surface area (Å²) < 4.78 is 10.2. The van der Waals surface area contributed by atoms with Crippen LogP contribution in [0.1, 0.15) is 29.5 Å². The van der Waals surface area contributed by atoms with Crippen LogP contribution in [0, 0.1) is 0 Å². The summed E-state index contributed by atoms with van der Waals surface area (Å²) in [6.45, 7) is 2.91. The van der Waals surface area contributed by atoms with Gasteiger partial charge in [0.1, 0.15) is 5.75 Å². The Bertz CT molecular complexity index is 739. The minimum absolute atomic E-state index is 0. The molecule has 26 heavy (non-hydrogen) atoms. The van der Waals surface area contributed by atoms with E-state index < -0.39 is 6.16 Å². The number of alkyl halides is 1. The van der Waals surface area contributed by atoms with Crippen LogP contribution >= 0.6 is 24.0 Å². The number of hydrogen-bond acceptors (Lipinski definition) is 4. The van der Waals surface area contributed by atoms with E-state index >= 15 is 0 Å². The molecule has 0 aromatic heterocycles. The molecule has 1 aliphatic rings. The van der Waals surface area contributed by atoms with Gasteiger partial charge < -0.3 is 9.47 Å². The second-order valence-electron chi connectivity index (χ2n) is 6.14. The molecule has 0 bridgehead atoms. The molecule has 4 nitrogen and oxygen atoms in total. The zero-order valence-corrected chi connectivity index (χ0v) is 16.4. The first-order chi connectivity index (χ1) is 12.1. The molecule has 2 aromatic carbocycles. The maximum absolute atomic E-state index is 11.6. The Morgan fingerprint density at radius 2 is 1.96 bits per heavy atom. The van der Waals surface area contributed by atoms with Crippen molar-refractivity contribution in [3.63, 3.8) is 0 Å². The lowest BCUT2D eigenvalue weighted by Gasteiger charge is -2.28. The fourth-order valence-corrected chi connectivity index (χ4v) is 3.60. The van der Waals surface area contributed by atoms with Gasteiger partial charge in [0.05, 0.1) is 12.1 Å². The van der Waals surface area contributed by atoms with E-state index in [0.717, 1.165) is 24.1 Å². The van der Waals surface area contributed by atoms with Crippen molar-refractivity contribution in [2.45, 2.75) is 24.8 Å². The van der Waals surface area contributed by atoms with E-state index in [0.29, 0.717) is 5.75 Å². The topological polar surface area (TPSA) is 38.8 Å². The smallest absolute Gasteiger partial charge is 0.434 e. The minimum Gasteiger partial charge on any atom is -0.434 e. The van der Waals surface area contributed by atoms with Crippen LogP contribution < -0.4 is 4.74 Å². The van der Waals surface area contributed by atoms with Crippen LogP contribution in [0.4, 0.5) is 4.79 Å². The summed E-state index contributed by atoms with van der Waals surface area (Å²) in [5, 5.41) is 0. The zero-order valence-electron chi connectivity index (χ0n) is 14.9. The molecule has 2 unspecified atom stereocenters.